The summed E-state index contributed by atoms with van der Waals surface area (Å²) in [6.07, 6.45) is 0.468. The van der Waals surface area contributed by atoms with Gasteiger partial charge in [-0.1, -0.05) is 6.92 Å². The minimum absolute atomic E-state index is 0.0619. The smallest absolute Gasteiger partial charge is 0.236 e. The molecule has 5 heteroatoms. The molecule has 0 aromatic carbocycles. The van der Waals surface area contributed by atoms with Crippen molar-refractivity contribution in [2.45, 2.75) is 18.6 Å². The zero-order chi connectivity index (χ0) is 8.65. The normalized spacial score (nSPS) is 30.5. The summed E-state index contributed by atoms with van der Waals surface area (Å²) >= 11 is 0. The Kier molecular flexibility index (Phi) is 1.92. The minimum Gasteiger partial charge on any atom is -0.369 e. The molecule has 1 amide bonds. The van der Waals surface area contributed by atoms with Gasteiger partial charge in [-0.05, 0) is 6.42 Å². The molecule has 11 heavy (non-hydrogen) atoms. The Hall–Kier alpha value is -0.580. The lowest BCUT2D eigenvalue weighted by atomic mass is 10.1. The van der Waals surface area contributed by atoms with Crippen LogP contribution in [0.25, 0.3) is 0 Å². The molecule has 1 saturated heterocycles. The van der Waals surface area contributed by atoms with E-state index < -0.39 is 21.0 Å². The maximum absolute atomic E-state index is 11.1. The van der Waals surface area contributed by atoms with Crippen LogP contribution in [0.15, 0.2) is 0 Å². The van der Waals surface area contributed by atoms with Gasteiger partial charge in [-0.15, -0.1) is 0 Å². The predicted octanol–water partition coefficient (Wildman–Crippen LogP) is -0.747. The van der Waals surface area contributed by atoms with Gasteiger partial charge < -0.3 is 5.73 Å². The number of hydrogen-bond donors (Lipinski definition) is 1. The van der Waals surface area contributed by atoms with Crippen molar-refractivity contribution in [3.05, 3.63) is 5.92 Å². The van der Waals surface area contributed by atoms with E-state index in [2.05, 4.69) is 0 Å². The van der Waals surface area contributed by atoms with E-state index in [1.165, 1.54) is 0 Å². The second-order valence-electron chi connectivity index (χ2n) is 2.75. The lowest BCUT2D eigenvalue weighted by Crippen LogP contribution is -2.35. The number of carbonyl (C=O) groups is 1. The number of rotatable bonds is 1. The highest BCUT2D eigenvalue weighted by Gasteiger charge is 2.41. The number of carbonyl (C=O) groups excluding carboxylic acids is 1. The van der Waals surface area contributed by atoms with Crippen LogP contribution in [0, 0.1) is 5.92 Å². The number of sulfone groups is 1. The third kappa shape index (κ3) is 1.38. The lowest BCUT2D eigenvalue weighted by molar-refractivity contribution is -0.117. The van der Waals surface area contributed by atoms with Crippen molar-refractivity contribution in [3.8, 4) is 0 Å². The maximum Gasteiger partial charge on any atom is 0.236 e. The van der Waals surface area contributed by atoms with Crippen LogP contribution >= 0.6 is 0 Å². The molecule has 2 N–H and O–H groups in total. The summed E-state index contributed by atoms with van der Waals surface area (Å²) < 4.78 is 22.2. The van der Waals surface area contributed by atoms with E-state index in [-0.39, 0.29) is 5.75 Å². The van der Waals surface area contributed by atoms with E-state index in [1.807, 2.05) is 0 Å². The Morgan fingerprint density at radius 3 is 2.36 bits per heavy atom. The van der Waals surface area contributed by atoms with Crippen LogP contribution in [-0.2, 0) is 14.6 Å². The Morgan fingerprint density at radius 1 is 1.64 bits per heavy atom. The van der Waals surface area contributed by atoms with Crippen molar-refractivity contribution in [2.75, 3.05) is 5.75 Å². The molecule has 0 aromatic rings. The van der Waals surface area contributed by atoms with Crippen LogP contribution < -0.4 is 5.73 Å². The van der Waals surface area contributed by atoms with Crippen molar-refractivity contribution >= 4 is 15.7 Å². The van der Waals surface area contributed by atoms with E-state index in [0.29, 0.717) is 12.3 Å². The van der Waals surface area contributed by atoms with E-state index in [9.17, 15) is 13.2 Å². The van der Waals surface area contributed by atoms with Crippen LogP contribution in [0.4, 0.5) is 0 Å². The first-order chi connectivity index (χ1) is 4.95. The van der Waals surface area contributed by atoms with Crippen molar-refractivity contribution in [3.63, 3.8) is 0 Å². The lowest BCUT2D eigenvalue weighted by Gasteiger charge is -2.07. The second kappa shape index (κ2) is 2.48. The van der Waals surface area contributed by atoms with Gasteiger partial charge in [0, 0.05) is 5.92 Å². The highest BCUT2D eigenvalue weighted by molar-refractivity contribution is 7.93. The SMILES string of the molecule is C[C]1CCS(=O)(=O)C1C(N)=O. The Bertz CT molecular complexity index is 270. The third-order valence-corrected chi connectivity index (χ3v) is 3.97. The maximum atomic E-state index is 11.1. The highest BCUT2D eigenvalue weighted by atomic mass is 32.2. The van der Waals surface area contributed by atoms with Gasteiger partial charge in [0.15, 0.2) is 9.84 Å². The van der Waals surface area contributed by atoms with E-state index >= 15 is 0 Å². The Labute approximate surface area is 65.7 Å². The summed E-state index contributed by atoms with van der Waals surface area (Å²) in [6, 6.07) is 0. The molecule has 0 saturated carbocycles. The number of amides is 1. The zero-order valence-corrected chi connectivity index (χ0v) is 7.02. The fourth-order valence-corrected chi connectivity index (χ4v) is 3.21. The van der Waals surface area contributed by atoms with Gasteiger partial charge in [-0.2, -0.15) is 0 Å². The van der Waals surface area contributed by atoms with Crippen molar-refractivity contribution < 1.29 is 13.2 Å². The number of hydrogen-bond acceptors (Lipinski definition) is 3. The number of nitrogens with two attached hydrogens (primary N) is 1. The van der Waals surface area contributed by atoms with Gasteiger partial charge in [0.25, 0.3) is 0 Å². The molecule has 63 valence electrons. The highest BCUT2D eigenvalue weighted by Crippen LogP contribution is 2.27. The van der Waals surface area contributed by atoms with Gasteiger partial charge in [0.1, 0.15) is 5.25 Å². The Balaban J connectivity index is 2.99. The molecular formula is C6H10NO3S. The third-order valence-electron chi connectivity index (χ3n) is 1.85. The van der Waals surface area contributed by atoms with Gasteiger partial charge in [-0.25, -0.2) is 8.42 Å². The molecule has 4 nitrogen and oxygen atoms in total. The predicted molar refractivity (Wildman–Crippen MR) is 40.3 cm³/mol. The van der Waals surface area contributed by atoms with Crippen LogP contribution in [0.5, 0.6) is 0 Å². The molecule has 1 radical (unpaired) electrons. The molecule has 0 bridgehead atoms. The molecule has 1 fully saturated rings. The van der Waals surface area contributed by atoms with Crippen LogP contribution in [0.3, 0.4) is 0 Å². The molecule has 0 aliphatic carbocycles. The van der Waals surface area contributed by atoms with Gasteiger partial charge in [0.05, 0.1) is 5.75 Å². The van der Waals surface area contributed by atoms with Crippen LogP contribution in [0.2, 0.25) is 0 Å². The van der Waals surface area contributed by atoms with Gasteiger partial charge >= 0.3 is 0 Å². The fraction of sp³-hybridized carbons (Fsp3) is 0.667. The summed E-state index contributed by atoms with van der Waals surface area (Å²) in [5.41, 5.74) is 4.92. The largest absolute Gasteiger partial charge is 0.369 e. The molecule has 1 rings (SSSR count). The molecule has 1 unspecified atom stereocenters. The minimum atomic E-state index is -3.25. The fourth-order valence-electron chi connectivity index (χ4n) is 1.28. The zero-order valence-electron chi connectivity index (χ0n) is 6.20. The van der Waals surface area contributed by atoms with Crippen LogP contribution in [0.1, 0.15) is 13.3 Å². The quantitative estimate of drug-likeness (QED) is 0.571. The summed E-state index contributed by atoms with van der Waals surface area (Å²) in [5.74, 6) is -0.0237. The van der Waals surface area contributed by atoms with Crippen LogP contribution in [-0.4, -0.2) is 25.3 Å². The van der Waals surface area contributed by atoms with Gasteiger partial charge in [-0.3, -0.25) is 4.79 Å². The average Bonchev–Trinajstić information content (AvgIpc) is 2.06. The molecule has 1 atom stereocenters. The molecule has 1 aliphatic rings. The van der Waals surface area contributed by atoms with E-state index in [1.54, 1.807) is 6.92 Å². The average molecular weight is 176 g/mol. The molecule has 1 heterocycles. The van der Waals surface area contributed by atoms with E-state index in [4.69, 9.17) is 5.73 Å². The first-order valence-corrected chi connectivity index (χ1v) is 5.00. The standard InChI is InChI=1S/C6H10NO3S/c1-4-2-3-11(9,10)5(4)6(7)8/h5H,2-3H2,1H3,(H2,7,8). The Morgan fingerprint density at radius 2 is 2.18 bits per heavy atom. The summed E-state index contributed by atoms with van der Waals surface area (Å²) in [4.78, 5) is 10.6. The van der Waals surface area contributed by atoms with Gasteiger partial charge in [0.2, 0.25) is 5.91 Å². The monoisotopic (exact) mass is 176 g/mol. The topological polar surface area (TPSA) is 77.2 Å². The summed E-state index contributed by atoms with van der Waals surface area (Å²) in [7, 11) is -3.25. The molecule has 1 aliphatic heterocycles. The summed E-state index contributed by atoms with van der Waals surface area (Å²) in [5, 5.41) is -1.03. The molecule has 0 spiro atoms. The first kappa shape index (κ1) is 8.52. The van der Waals surface area contributed by atoms with E-state index in [0.717, 1.165) is 0 Å². The number of primary amides is 1. The molecule has 0 aromatic heterocycles. The molecular weight excluding hydrogens is 166 g/mol. The first-order valence-electron chi connectivity index (χ1n) is 3.28. The second-order valence-corrected chi connectivity index (χ2v) is 4.95. The van der Waals surface area contributed by atoms with Crippen molar-refractivity contribution in [2.24, 2.45) is 5.73 Å². The van der Waals surface area contributed by atoms with Crippen molar-refractivity contribution in [1.82, 2.24) is 0 Å². The van der Waals surface area contributed by atoms with Crippen molar-refractivity contribution in [1.29, 1.82) is 0 Å². The summed E-state index contributed by atoms with van der Waals surface area (Å²) in [6.45, 7) is 1.65.